The van der Waals surface area contributed by atoms with Crippen LogP contribution in [0.5, 0.6) is 0 Å². The summed E-state index contributed by atoms with van der Waals surface area (Å²) in [7, 11) is 0. The Morgan fingerprint density at radius 1 is 0.731 bits per heavy atom. The van der Waals surface area contributed by atoms with Crippen molar-refractivity contribution in [2.45, 2.75) is 12.8 Å². The molecule has 26 heavy (non-hydrogen) atoms. The van der Waals surface area contributed by atoms with Crippen LogP contribution in [0, 0.1) is 0 Å². The summed E-state index contributed by atoms with van der Waals surface area (Å²) in [5.41, 5.74) is 7.48. The van der Waals surface area contributed by atoms with Crippen LogP contribution in [-0.2, 0) is 6.42 Å². The Kier molecular flexibility index (Phi) is 3.60. The van der Waals surface area contributed by atoms with Gasteiger partial charge in [-0.25, -0.2) is 0 Å². The molecule has 0 saturated carbocycles. The maximum Gasteiger partial charge on any atom is 0.0537 e. The first-order chi connectivity index (χ1) is 12.9. The zero-order chi connectivity index (χ0) is 17.3. The second kappa shape index (κ2) is 6.23. The lowest BCUT2D eigenvalue weighted by atomic mass is 10.0. The van der Waals surface area contributed by atoms with E-state index in [1.807, 2.05) is 18.2 Å². The highest BCUT2D eigenvalue weighted by Crippen LogP contribution is 2.34. The monoisotopic (exact) mass is 336 g/mol. The summed E-state index contributed by atoms with van der Waals surface area (Å²) in [5, 5.41) is 4.83. The van der Waals surface area contributed by atoms with Gasteiger partial charge < -0.3 is 9.88 Å². The minimum atomic E-state index is 1.10. The quantitative estimate of drug-likeness (QED) is 0.462. The van der Waals surface area contributed by atoms with Crippen LogP contribution in [0.25, 0.3) is 22.7 Å². The first kappa shape index (κ1) is 15.0. The molecule has 0 fully saturated rings. The third-order valence-electron chi connectivity index (χ3n) is 5.04. The summed E-state index contributed by atoms with van der Waals surface area (Å²) >= 11 is 0. The number of nitrogens with zero attached hydrogens (tertiary/aromatic N) is 1. The Labute approximate surface area is 153 Å². The van der Waals surface area contributed by atoms with E-state index in [9.17, 15) is 0 Å². The van der Waals surface area contributed by atoms with Crippen molar-refractivity contribution < 1.29 is 0 Å². The van der Waals surface area contributed by atoms with Gasteiger partial charge in [-0.15, -0.1) is 0 Å². The summed E-state index contributed by atoms with van der Waals surface area (Å²) in [6, 6.07) is 27.7. The van der Waals surface area contributed by atoms with Crippen LogP contribution in [0.4, 0.5) is 11.4 Å². The number of hydrogen-bond acceptors (Lipinski definition) is 1. The van der Waals surface area contributed by atoms with Crippen molar-refractivity contribution in [3.05, 3.63) is 96.2 Å². The fraction of sp³-hybridized carbons (Fsp3) is 0.0833. The maximum absolute atomic E-state index is 3.45. The fourth-order valence-electron chi connectivity index (χ4n) is 3.85. The summed E-state index contributed by atoms with van der Waals surface area (Å²) in [6.07, 6.45) is 6.80. The van der Waals surface area contributed by atoms with Crippen LogP contribution < -0.4 is 5.32 Å². The molecule has 3 aromatic carbocycles. The Hall–Kier alpha value is -3.26. The van der Waals surface area contributed by atoms with E-state index in [2.05, 4.69) is 82.7 Å². The van der Waals surface area contributed by atoms with Crippen LogP contribution >= 0.6 is 0 Å². The molecule has 2 heteroatoms. The van der Waals surface area contributed by atoms with Crippen molar-refractivity contribution in [3.8, 4) is 5.69 Å². The van der Waals surface area contributed by atoms with Gasteiger partial charge in [0.2, 0.25) is 0 Å². The van der Waals surface area contributed by atoms with Crippen LogP contribution in [0.1, 0.15) is 17.7 Å². The normalized spacial score (nSPS) is 12.9. The van der Waals surface area contributed by atoms with Crippen molar-refractivity contribution in [1.82, 2.24) is 4.57 Å². The lowest BCUT2D eigenvalue weighted by Gasteiger charge is -2.13. The van der Waals surface area contributed by atoms with E-state index in [4.69, 9.17) is 0 Å². The second-order valence-corrected chi connectivity index (χ2v) is 6.70. The minimum absolute atomic E-state index is 1.10. The molecule has 0 unspecified atom stereocenters. The molecule has 1 aliphatic rings. The van der Waals surface area contributed by atoms with Gasteiger partial charge in [-0.05, 0) is 66.9 Å². The predicted molar refractivity (Wildman–Crippen MR) is 110 cm³/mol. The molecule has 4 aromatic rings. The lowest BCUT2D eigenvalue weighted by molar-refractivity contribution is 0.967. The molecular weight excluding hydrogens is 316 g/mol. The van der Waals surface area contributed by atoms with E-state index in [1.54, 1.807) is 0 Å². The molecule has 0 bridgehead atoms. The Balaban J connectivity index is 1.58. The minimum Gasteiger partial charge on any atom is -0.356 e. The van der Waals surface area contributed by atoms with Gasteiger partial charge in [-0.1, -0.05) is 42.5 Å². The molecule has 0 aliphatic heterocycles. The van der Waals surface area contributed by atoms with Crippen molar-refractivity contribution in [2.75, 3.05) is 5.32 Å². The van der Waals surface area contributed by atoms with E-state index in [1.165, 1.54) is 27.8 Å². The first-order valence-electron chi connectivity index (χ1n) is 9.11. The number of hydrogen-bond donors (Lipinski definition) is 1. The number of allylic oxidation sites excluding steroid dienone is 1. The largest absolute Gasteiger partial charge is 0.356 e. The van der Waals surface area contributed by atoms with Gasteiger partial charge in [-0.2, -0.15) is 0 Å². The van der Waals surface area contributed by atoms with Crippen LogP contribution in [0.2, 0.25) is 0 Å². The van der Waals surface area contributed by atoms with Gasteiger partial charge in [0.1, 0.15) is 0 Å². The molecular formula is C24H20N2. The van der Waals surface area contributed by atoms with Crippen molar-refractivity contribution in [1.29, 1.82) is 0 Å². The molecule has 0 spiro atoms. The molecule has 1 aromatic heterocycles. The summed E-state index contributed by atoms with van der Waals surface area (Å²) in [4.78, 5) is 0. The zero-order valence-electron chi connectivity index (χ0n) is 14.5. The van der Waals surface area contributed by atoms with E-state index >= 15 is 0 Å². The van der Waals surface area contributed by atoms with Crippen LogP contribution in [-0.4, -0.2) is 4.57 Å². The zero-order valence-corrected chi connectivity index (χ0v) is 14.5. The molecule has 1 N–H and O–H groups in total. The van der Waals surface area contributed by atoms with E-state index in [0.29, 0.717) is 0 Å². The van der Waals surface area contributed by atoms with Crippen LogP contribution in [0.3, 0.4) is 0 Å². The smallest absolute Gasteiger partial charge is 0.0537 e. The first-order valence-corrected chi connectivity index (χ1v) is 9.11. The van der Waals surface area contributed by atoms with E-state index < -0.39 is 0 Å². The third-order valence-corrected chi connectivity index (χ3v) is 5.04. The number of rotatable bonds is 3. The maximum atomic E-state index is 3.45. The SMILES string of the molecule is C1=Cc2c(c3ccccc3n2-c2ccc(Nc3ccccc3)cc2)CC1. The van der Waals surface area contributed by atoms with E-state index in [0.717, 1.165) is 24.2 Å². The van der Waals surface area contributed by atoms with Gasteiger partial charge in [0.25, 0.3) is 0 Å². The summed E-state index contributed by atoms with van der Waals surface area (Å²) < 4.78 is 2.38. The topological polar surface area (TPSA) is 17.0 Å². The third kappa shape index (κ3) is 2.51. The highest BCUT2D eigenvalue weighted by molar-refractivity contribution is 5.90. The highest BCUT2D eigenvalue weighted by atomic mass is 15.0. The predicted octanol–water partition coefficient (Wildman–Crippen LogP) is 6.33. The molecule has 0 radical (unpaired) electrons. The van der Waals surface area contributed by atoms with Gasteiger partial charge in [0.05, 0.1) is 5.52 Å². The molecule has 1 heterocycles. The fourth-order valence-corrected chi connectivity index (χ4v) is 3.85. The Morgan fingerprint density at radius 2 is 1.46 bits per heavy atom. The van der Waals surface area contributed by atoms with Gasteiger partial charge in [-0.3, -0.25) is 0 Å². The summed E-state index contributed by atoms with van der Waals surface area (Å²) in [5.74, 6) is 0. The van der Waals surface area contributed by atoms with Crippen molar-refractivity contribution in [3.63, 3.8) is 0 Å². The summed E-state index contributed by atoms with van der Waals surface area (Å²) in [6.45, 7) is 0. The average molecular weight is 336 g/mol. The molecule has 126 valence electrons. The van der Waals surface area contributed by atoms with Gasteiger partial charge >= 0.3 is 0 Å². The number of aryl methyl sites for hydroxylation is 1. The number of para-hydroxylation sites is 2. The van der Waals surface area contributed by atoms with Crippen LogP contribution in [0.15, 0.2) is 84.9 Å². The number of fused-ring (bicyclic) bond motifs is 3. The molecule has 0 saturated heterocycles. The molecule has 2 nitrogen and oxygen atoms in total. The molecule has 1 aliphatic carbocycles. The molecule has 0 atom stereocenters. The van der Waals surface area contributed by atoms with Gasteiger partial charge in [0.15, 0.2) is 0 Å². The highest BCUT2D eigenvalue weighted by Gasteiger charge is 2.17. The Morgan fingerprint density at radius 3 is 2.31 bits per heavy atom. The number of nitrogens with one attached hydrogen (secondary N) is 1. The van der Waals surface area contributed by atoms with Gasteiger partial charge in [0, 0.05) is 28.1 Å². The Bertz CT molecular complexity index is 1090. The standard InChI is InChI=1S/C24H20N2/c1-2-8-18(9-3-1)25-19-14-16-20(17-15-19)26-23-12-6-4-10-21(23)22-11-5-7-13-24(22)26/h1-4,6-10,12-17,25H,5,11H2. The number of aromatic nitrogens is 1. The number of benzene rings is 3. The second-order valence-electron chi connectivity index (χ2n) is 6.70. The number of anilines is 2. The van der Waals surface area contributed by atoms with Crippen molar-refractivity contribution >= 4 is 28.4 Å². The molecule has 5 rings (SSSR count). The van der Waals surface area contributed by atoms with E-state index in [-0.39, 0.29) is 0 Å². The molecule has 0 amide bonds. The lowest BCUT2D eigenvalue weighted by Crippen LogP contribution is -2.00. The average Bonchev–Trinajstić information content (AvgIpc) is 3.04. The van der Waals surface area contributed by atoms with Crippen molar-refractivity contribution in [2.24, 2.45) is 0 Å².